The monoisotopic (exact) mass is 296 g/mol. The van der Waals surface area contributed by atoms with Crippen molar-refractivity contribution in [2.75, 3.05) is 7.11 Å². The van der Waals surface area contributed by atoms with Crippen LogP contribution in [0.15, 0.2) is 16.6 Å². The van der Waals surface area contributed by atoms with Gasteiger partial charge in [-0.2, -0.15) is 0 Å². The van der Waals surface area contributed by atoms with Crippen LogP contribution in [-0.4, -0.2) is 7.11 Å². The predicted molar refractivity (Wildman–Crippen MR) is 53.3 cm³/mol. The van der Waals surface area contributed by atoms with E-state index in [4.69, 9.17) is 4.74 Å². The fourth-order valence-electron chi connectivity index (χ4n) is 0.898. The van der Waals surface area contributed by atoms with E-state index in [9.17, 15) is 4.39 Å². The molecule has 0 heterocycles. The van der Waals surface area contributed by atoms with Crippen molar-refractivity contribution >= 4 is 31.9 Å². The molecule has 0 unspecified atom stereocenters. The lowest BCUT2D eigenvalue weighted by molar-refractivity contribution is 0.404. The summed E-state index contributed by atoms with van der Waals surface area (Å²) in [5, 5.41) is 0.648. The van der Waals surface area contributed by atoms with Gasteiger partial charge in [-0.1, -0.05) is 22.0 Å². The van der Waals surface area contributed by atoms with Crippen LogP contribution in [-0.2, 0) is 5.33 Å². The SMILES string of the molecule is COc1c(CBr)ccc(F)c1Br. The molecule has 4 heteroatoms. The highest BCUT2D eigenvalue weighted by atomic mass is 79.9. The van der Waals surface area contributed by atoms with Crippen molar-refractivity contribution in [3.63, 3.8) is 0 Å². The first-order chi connectivity index (χ1) is 5.70. The van der Waals surface area contributed by atoms with E-state index >= 15 is 0 Å². The molecule has 12 heavy (non-hydrogen) atoms. The third-order valence-corrected chi connectivity index (χ3v) is 2.82. The first-order valence-corrected chi connectivity index (χ1v) is 5.19. The molecule has 0 aliphatic carbocycles. The molecule has 0 saturated heterocycles. The third-order valence-electron chi connectivity index (χ3n) is 1.48. The van der Waals surface area contributed by atoms with Gasteiger partial charge in [0.25, 0.3) is 0 Å². The minimum atomic E-state index is -0.309. The largest absolute Gasteiger partial charge is 0.495 e. The molecule has 0 aliphatic rings. The Kier molecular flexibility index (Phi) is 3.53. The minimum Gasteiger partial charge on any atom is -0.495 e. The maximum Gasteiger partial charge on any atom is 0.141 e. The normalized spacial score (nSPS) is 10.0. The molecule has 0 radical (unpaired) electrons. The van der Waals surface area contributed by atoms with Gasteiger partial charge in [-0.15, -0.1) is 0 Å². The van der Waals surface area contributed by atoms with Gasteiger partial charge >= 0.3 is 0 Å². The van der Waals surface area contributed by atoms with Crippen molar-refractivity contribution in [2.24, 2.45) is 0 Å². The summed E-state index contributed by atoms with van der Waals surface area (Å²) < 4.78 is 18.3. The Bertz CT molecular complexity index is 289. The number of methoxy groups -OCH3 is 1. The van der Waals surface area contributed by atoms with Gasteiger partial charge < -0.3 is 4.74 Å². The summed E-state index contributed by atoms with van der Waals surface area (Å²) >= 11 is 6.40. The van der Waals surface area contributed by atoms with E-state index in [0.29, 0.717) is 15.6 Å². The third kappa shape index (κ3) is 1.80. The molecule has 0 aromatic heterocycles. The lowest BCUT2D eigenvalue weighted by Gasteiger charge is -2.08. The molecular weight excluding hydrogens is 291 g/mol. The van der Waals surface area contributed by atoms with Crippen LogP contribution in [0.5, 0.6) is 5.75 Å². The average molecular weight is 298 g/mol. The summed E-state index contributed by atoms with van der Waals surface area (Å²) in [5.74, 6) is 0.239. The molecule has 0 spiro atoms. The fourth-order valence-corrected chi connectivity index (χ4v) is 1.89. The molecule has 0 fully saturated rings. The van der Waals surface area contributed by atoms with E-state index in [-0.39, 0.29) is 5.82 Å². The zero-order valence-corrected chi connectivity index (χ0v) is 9.58. The zero-order chi connectivity index (χ0) is 9.14. The molecule has 1 nitrogen and oxygen atoms in total. The van der Waals surface area contributed by atoms with Crippen LogP contribution in [0.1, 0.15) is 5.56 Å². The van der Waals surface area contributed by atoms with E-state index < -0.39 is 0 Å². The first kappa shape index (κ1) is 9.99. The number of hydrogen-bond acceptors (Lipinski definition) is 1. The number of ether oxygens (including phenoxy) is 1. The van der Waals surface area contributed by atoms with Crippen LogP contribution in [0.25, 0.3) is 0 Å². The minimum absolute atomic E-state index is 0.309. The highest BCUT2D eigenvalue weighted by Gasteiger charge is 2.10. The van der Waals surface area contributed by atoms with Crippen molar-refractivity contribution < 1.29 is 9.13 Å². The summed E-state index contributed by atoms with van der Waals surface area (Å²) in [5.41, 5.74) is 0.922. The molecule has 0 saturated carbocycles. The number of halogens is 3. The van der Waals surface area contributed by atoms with Gasteiger partial charge in [-0.05, 0) is 22.0 Å². The van der Waals surface area contributed by atoms with Crippen LogP contribution < -0.4 is 4.74 Å². The van der Waals surface area contributed by atoms with Gasteiger partial charge in [0, 0.05) is 10.9 Å². The Morgan fingerprint density at radius 2 is 2.17 bits per heavy atom. The van der Waals surface area contributed by atoms with E-state index in [1.54, 1.807) is 6.07 Å². The molecule has 0 aliphatic heterocycles. The summed E-state index contributed by atoms with van der Waals surface area (Å²) in [4.78, 5) is 0. The summed E-state index contributed by atoms with van der Waals surface area (Å²) in [6, 6.07) is 3.09. The van der Waals surface area contributed by atoms with E-state index in [2.05, 4.69) is 31.9 Å². The summed E-state index contributed by atoms with van der Waals surface area (Å²) in [6.45, 7) is 0. The van der Waals surface area contributed by atoms with Crippen LogP contribution in [0, 0.1) is 5.82 Å². The highest BCUT2D eigenvalue weighted by molar-refractivity contribution is 9.10. The smallest absolute Gasteiger partial charge is 0.141 e. The molecule has 66 valence electrons. The van der Waals surface area contributed by atoms with E-state index in [1.165, 1.54) is 13.2 Å². The Morgan fingerprint density at radius 1 is 1.50 bits per heavy atom. The zero-order valence-electron chi connectivity index (χ0n) is 6.40. The van der Waals surface area contributed by atoms with Crippen LogP contribution in [0.3, 0.4) is 0 Å². The quantitative estimate of drug-likeness (QED) is 0.759. The average Bonchev–Trinajstić information content (AvgIpc) is 2.09. The highest BCUT2D eigenvalue weighted by Crippen LogP contribution is 2.32. The molecule has 0 atom stereocenters. The lowest BCUT2D eigenvalue weighted by atomic mass is 10.2. The number of alkyl halides is 1. The lowest BCUT2D eigenvalue weighted by Crippen LogP contribution is -1.92. The second-order valence-electron chi connectivity index (χ2n) is 2.19. The molecule has 0 amide bonds. The van der Waals surface area contributed by atoms with Gasteiger partial charge in [-0.3, -0.25) is 0 Å². The van der Waals surface area contributed by atoms with Crippen LogP contribution >= 0.6 is 31.9 Å². The molecular formula is C8H7Br2FO. The Morgan fingerprint density at radius 3 is 2.67 bits per heavy atom. The van der Waals surface area contributed by atoms with Gasteiger partial charge in [0.15, 0.2) is 0 Å². The second kappa shape index (κ2) is 4.23. The number of rotatable bonds is 2. The van der Waals surface area contributed by atoms with Crippen molar-refractivity contribution in [3.05, 3.63) is 28.0 Å². The predicted octanol–water partition coefficient (Wildman–Crippen LogP) is 3.49. The van der Waals surface area contributed by atoms with Gasteiger partial charge in [0.1, 0.15) is 11.6 Å². The fraction of sp³-hybridized carbons (Fsp3) is 0.250. The number of benzene rings is 1. The van der Waals surface area contributed by atoms with Crippen molar-refractivity contribution in [2.45, 2.75) is 5.33 Å². The van der Waals surface area contributed by atoms with Gasteiger partial charge in [-0.25, -0.2) is 4.39 Å². The summed E-state index contributed by atoms with van der Waals surface area (Å²) in [6.07, 6.45) is 0. The van der Waals surface area contributed by atoms with Crippen molar-refractivity contribution in [1.29, 1.82) is 0 Å². The molecule has 0 N–H and O–H groups in total. The maximum atomic E-state index is 12.9. The molecule has 1 aromatic rings. The Balaban J connectivity index is 3.25. The Hall–Kier alpha value is -0.0900. The van der Waals surface area contributed by atoms with E-state index in [0.717, 1.165) is 5.56 Å². The Labute approximate surface area is 87.2 Å². The van der Waals surface area contributed by atoms with Crippen molar-refractivity contribution in [3.8, 4) is 5.75 Å². The van der Waals surface area contributed by atoms with Gasteiger partial charge in [0.05, 0.1) is 11.6 Å². The molecule has 1 aromatic carbocycles. The maximum absolute atomic E-state index is 12.9. The van der Waals surface area contributed by atoms with Crippen LogP contribution in [0.4, 0.5) is 4.39 Å². The van der Waals surface area contributed by atoms with Crippen LogP contribution in [0.2, 0.25) is 0 Å². The number of hydrogen-bond donors (Lipinski definition) is 0. The molecule has 0 bridgehead atoms. The van der Waals surface area contributed by atoms with Crippen molar-refractivity contribution in [1.82, 2.24) is 0 Å². The topological polar surface area (TPSA) is 9.23 Å². The van der Waals surface area contributed by atoms with Gasteiger partial charge in [0.2, 0.25) is 0 Å². The summed E-state index contributed by atoms with van der Waals surface area (Å²) in [7, 11) is 1.52. The second-order valence-corrected chi connectivity index (χ2v) is 3.54. The first-order valence-electron chi connectivity index (χ1n) is 3.27. The molecule has 1 rings (SSSR count). The standard InChI is InChI=1S/C8H7Br2FO/c1-12-8-5(4-9)2-3-6(11)7(8)10/h2-3H,4H2,1H3. The van der Waals surface area contributed by atoms with E-state index in [1.807, 2.05) is 0 Å².